The molecular weight excluding hydrogens is 230 g/mol. The molecule has 0 spiro atoms. The molecule has 1 fully saturated rings. The van der Waals surface area contributed by atoms with E-state index in [1.165, 1.54) is 36.0 Å². The van der Waals surface area contributed by atoms with E-state index in [4.69, 9.17) is 5.73 Å². The first-order chi connectivity index (χ1) is 9.22. The maximum absolute atomic E-state index is 6.62. The zero-order valence-electron chi connectivity index (χ0n) is 11.5. The summed E-state index contributed by atoms with van der Waals surface area (Å²) in [5, 5.41) is 0. The minimum atomic E-state index is 0.101. The van der Waals surface area contributed by atoms with Crippen molar-refractivity contribution in [3.8, 4) is 0 Å². The van der Waals surface area contributed by atoms with Crippen molar-refractivity contribution in [3.63, 3.8) is 0 Å². The Morgan fingerprint density at radius 3 is 2.11 bits per heavy atom. The summed E-state index contributed by atoms with van der Waals surface area (Å²) in [6.45, 7) is 2.12. The van der Waals surface area contributed by atoms with Crippen molar-refractivity contribution in [2.24, 2.45) is 5.73 Å². The summed E-state index contributed by atoms with van der Waals surface area (Å²) in [7, 11) is 0. The molecule has 0 heterocycles. The van der Waals surface area contributed by atoms with E-state index in [-0.39, 0.29) is 11.5 Å². The summed E-state index contributed by atoms with van der Waals surface area (Å²) in [5.41, 5.74) is 10.7. The number of aryl methyl sites for hydroxylation is 1. The Balaban J connectivity index is 1.96. The van der Waals surface area contributed by atoms with Gasteiger partial charge in [-0.3, -0.25) is 0 Å². The normalized spacial score (nSPS) is 18.6. The lowest BCUT2D eigenvalue weighted by atomic mass is 9.59. The Hall–Kier alpha value is -1.60. The molecule has 0 saturated heterocycles. The predicted molar refractivity (Wildman–Crippen MR) is 80.1 cm³/mol. The van der Waals surface area contributed by atoms with Crippen LogP contribution in [0.1, 0.15) is 42.0 Å². The first-order valence-corrected chi connectivity index (χ1v) is 7.10. The van der Waals surface area contributed by atoms with Crippen LogP contribution in [0.5, 0.6) is 0 Å². The third kappa shape index (κ3) is 2.08. The molecule has 98 valence electrons. The van der Waals surface area contributed by atoms with Crippen LogP contribution in [0.25, 0.3) is 0 Å². The molecule has 1 unspecified atom stereocenters. The van der Waals surface area contributed by atoms with Gasteiger partial charge in [0.1, 0.15) is 0 Å². The lowest BCUT2D eigenvalue weighted by molar-refractivity contribution is 0.196. The summed E-state index contributed by atoms with van der Waals surface area (Å²) in [6, 6.07) is 19.6. The molecular formula is C18H21N. The molecule has 0 amide bonds. The van der Waals surface area contributed by atoms with E-state index >= 15 is 0 Å². The topological polar surface area (TPSA) is 26.0 Å². The van der Waals surface area contributed by atoms with Gasteiger partial charge in [-0.15, -0.1) is 0 Å². The smallest absolute Gasteiger partial charge is 0.0393 e. The van der Waals surface area contributed by atoms with E-state index in [0.29, 0.717) is 0 Å². The monoisotopic (exact) mass is 251 g/mol. The first kappa shape index (κ1) is 12.4. The Morgan fingerprint density at radius 2 is 1.58 bits per heavy atom. The van der Waals surface area contributed by atoms with Gasteiger partial charge < -0.3 is 5.73 Å². The highest BCUT2D eigenvalue weighted by atomic mass is 14.7. The van der Waals surface area contributed by atoms with Gasteiger partial charge in [-0.1, -0.05) is 66.6 Å². The van der Waals surface area contributed by atoms with Crippen molar-refractivity contribution in [1.82, 2.24) is 0 Å². The lowest BCUT2D eigenvalue weighted by Crippen LogP contribution is -2.44. The second-order valence-electron chi connectivity index (χ2n) is 5.76. The molecule has 1 aliphatic carbocycles. The fourth-order valence-corrected chi connectivity index (χ4v) is 3.20. The minimum absolute atomic E-state index is 0.101. The van der Waals surface area contributed by atoms with Crippen LogP contribution in [-0.4, -0.2) is 0 Å². The summed E-state index contributed by atoms with van der Waals surface area (Å²) >= 11 is 0. The highest BCUT2D eigenvalue weighted by Gasteiger charge is 2.44. The molecule has 1 saturated carbocycles. The first-order valence-electron chi connectivity index (χ1n) is 7.10. The lowest BCUT2D eigenvalue weighted by Gasteiger charge is -2.47. The maximum atomic E-state index is 6.62. The molecule has 1 atom stereocenters. The van der Waals surface area contributed by atoms with Crippen molar-refractivity contribution in [3.05, 3.63) is 71.3 Å². The van der Waals surface area contributed by atoms with Gasteiger partial charge in [0.25, 0.3) is 0 Å². The summed E-state index contributed by atoms with van der Waals surface area (Å²) in [4.78, 5) is 0. The SMILES string of the molecule is Cc1ccc(C(N)C2(c3ccccc3)CCC2)cc1. The molecule has 19 heavy (non-hydrogen) atoms. The van der Waals surface area contributed by atoms with Crippen molar-refractivity contribution < 1.29 is 0 Å². The fraction of sp³-hybridized carbons (Fsp3) is 0.333. The van der Waals surface area contributed by atoms with E-state index in [0.717, 1.165) is 0 Å². The van der Waals surface area contributed by atoms with Gasteiger partial charge in [0.2, 0.25) is 0 Å². The third-order valence-corrected chi connectivity index (χ3v) is 4.63. The second-order valence-corrected chi connectivity index (χ2v) is 5.76. The summed E-state index contributed by atoms with van der Waals surface area (Å²) in [6.07, 6.45) is 3.69. The van der Waals surface area contributed by atoms with E-state index in [9.17, 15) is 0 Å². The minimum Gasteiger partial charge on any atom is -0.323 e. The number of rotatable bonds is 3. The van der Waals surface area contributed by atoms with Gasteiger partial charge in [-0.05, 0) is 30.9 Å². The van der Waals surface area contributed by atoms with Gasteiger partial charge in [0.15, 0.2) is 0 Å². The van der Waals surface area contributed by atoms with Crippen LogP contribution >= 0.6 is 0 Å². The molecule has 1 nitrogen and oxygen atoms in total. The molecule has 0 bridgehead atoms. The maximum Gasteiger partial charge on any atom is 0.0393 e. The molecule has 2 aromatic carbocycles. The Labute approximate surface area is 115 Å². The van der Waals surface area contributed by atoms with E-state index in [1.807, 2.05) is 0 Å². The molecule has 1 heteroatoms. The standard InChI is InChI=1S/C18H21N/c1-14-8-10-15(11-9-14)17(19)18(12-5-13-18)16-6-3-2-4-7-16/h2-4,6-11,17H,5,12-13,19H2,1H3. The van der Waals surface area contributed by atoms with Crippen LogP contribution in [0.4, 0.5) is 0 Å². The van der Waals surface area contributed by atoms with Gasteiger partial charge >= 0.3 is 0 Å². The van der Waals surface area contributed by atoms with Crippen molar-refractivity contribution >= 4 is 0 Å². The number of benzene rings is 2. The summed E-state index contributed by atoms with van der Waals surface area (Å²) < 4.78 is 0. The Kier molecular flexibility index (Phi) is 3.16. The van der Waals surface area contributed by atoms with Crippen molar-refractivity contribution in [2.45, 2.75) is 37.6 Å². The van der Waals surface area contributed by atoms with Gasteiger partial charge in [0, 0.05) is 11.5 Å². The molecule has 2 aromatic rings. The Bertz CT molecular complexity index is 538. The fourth-order valence-electron chi connectivity index (χ4n) is 3.20. The zero-order valence-corrected chi connectivity index (χ0v) is 11.5. The van der Waals surface area contributed by atoms with E-state index in [1.54, 1.807) is 0 Å². The number of hydrogen-bond donors (Lipinski definition) is 1. The van der Waals surface area contributed by atoms with E-state index in [2.05, 4.69) is 61.5 Å². The zero-order chi connectivity index (χ0) is 13.3. The largest absolute Gasteiger partial charge is 0.323 e. The van der Waals surface area contributed by atoms with Gasteiger partial charge in [-0.25, -0.2) is 0 Å². The van der Waals surface area contributed by atoms with Crippen LogP contribution in [0, 0.1) is 6.92 Å². The molecule has 2 N–H and O–H groups in total. The number of nitrogens with two attached hydrogens (primary N) is 1. The van der Waals surface area contributed by atoms with Crippen molar-refractivity contribution in [1.29, 1.82) is 0 Å². The van der Waals surface area contributed by atoms with Gasteiger partial charge in [-0.2, -0.15) is 0 Å². The average molecular weight is 251 g/mol. The van der Waals surface area contributed by atoms with Crippen molar-refractivity contribution in [2.75, 3.05) is 0 Å². The van der Waals surface area contributed by atoms with Gasteiger partial charge in [0.05, 0.1) is 0 Å². The molecule has 0 radical (unpaired) electrons. The predicted octanol–water partition coefficient (Wildman–Crippen LogP) is 4.12. The Morgan fingerprint density at radius 1 is 0.947 bits per heavy atom. The molecule has 3 rings (SSSR count). The van der Waals surface area contributed by atoms with E-state index < -0.39 is 0 Å². The highest BCUT2D eigenvalue weighted by Crippen LogP contribution is 2.50. The van der Waals surface area contributed by atoms with Crippen LogP contribution in [0.3, 0.4) is 0 Å². The second kappa shape index (κ2) is 4.82. The van der Waals surface area contributed by atoms with Crippen LogP contribution < -0.4 is 5.73 Å². The van der Waals surface area contributed by atoms with Crippen LogP contribution in [0.15, 0.2) is 54.6 Å². The van der Waals surface area contributed by atoms with Crippen LogP contribution in [-0.2, 0) is 5.41 Å². The van der Waals surface area contributed by atoms with Crippen LogP contribution in [0.2, 0.25) is 0 Å². The quantitative estimate of drug-likeness (QED) is 0.872. The average Bonchev–Trinajstić information content (AvgIpc) is 2.39. The summed E-state index contributed by atoms with van der Waals surface area (Å²) in [5.74, 6) is 0. The third-order valence-electron chi connectivity index (χ3n) is 4.63. The molecule has 1 aliphatic rings. The number of hydrogen-bond acceptors (Lipinski definition) is 1. The molecule has 0 aliphatic heterocycles. The highest BCUT2D eigenvalue weighted by molar-refractivity contribution is 5.36. The molecule has 0 aromatic heterocycles.